The molecule has 0 unspecified atom stereocenters. The van der Waals surface area contributed by atoms with Crippen LogP contribution in [0.15, 0.2) is 36.5 Å². The number of anilines is 2. The van der Waals surface area contributed by atoms with Crippen molar-refractivity contribution in [3.63, 3.8) is 0 Å². The summed E-state index contributed by atoms with van der Waals surface area (Å²) in [7, 11) is 0. The zero-order valence-electron chi connectivity index (χ0n) is 14.3. The number of aldehydes is 1. The van der Waals surface area contributed by atoms with Gasteiger partial charge in [0.25, 0.3) is 0 Å². The molecule has 1 heterocycles. The van der Waals surface area contributed by atoms with Gasteiger partial charge in [0.15, 0.2) is 6.29 Å². The number of ether oxygens (including phenoxy) is 1. The van der Waals surface area contributed by atoms with Crippen LogP contribution in [0.2, 0.25) is 0 Å². The maximum absolute atomic E-state index is 13.2. The minimum Gasteiger partial charge on any atom is -0.443 e. The molecule has 26 heavy (non-hydrogen) atoms. The number of hydrazine groups is 1. The van der Waals surface area contributed by atoms with E-state index in [1.165, 1.54) is 30.5 Å². The minimum atomic E-state index is -4.73. The second-order valence-electron chi connectivity index (χ2n) is 6.38. The van der Waals surface area contributed by atoms with Crippen molar-refractivity contribution in [1.82, 2.24) is 4.57 Å². The Morgan fingerprint density at radius 2 is 1.81 bits per heavy atom. The highest BCUT2D eigenvalue weighted by atomic mass is 19.4. The zero-order valence-corrected chi connectivity index (χ0v) is 14.3. The molecule has 2 rings (SSSR count). The molecule has 0 spiro atoms. The molecule has 9 heteroatoms. The fourth-order valence-corrected chi connectivity index (χ4v) is 2.17. The predicted octanol–water partition coefficient (Wildman–Crippen LogP) is 4.54. The Balaban J connectivity index is 2.25. The summed E-state index contributed by atoms with van der Waals surface area (Å²) in [6, 6.07) is 6.57. The Morgan fingerprint density at radius 3 is 2.38 bits per heavy atom. The summed E-state index contributed by atoms with van der Waals surface area (Å²) in [6.45, 7) is 5.08. The predicted molar refractivity (Wildman–Crippen MR) is 90.1 cm³/mol. The van der Waals surface area contributed by atoms with Crippen molar-refractivity contribution in [2.75, 3.05) is 10.9 Å². The normalized spacial score (nSPS) is 11.8. The molecule has 0 aliphatic heterocycles. The lowest BCUT2D eigenvalue weighted by Crippen LogP contribution is -2.28. The lowest BCUT2D eigenvalue weighted by molar-refractivity contribution is -0.137. The van der Waals surface area contributed by atoms with Crippen LogP contribution in [-0.2, 0) is 10.9 Å². The van der Waals surface area contributed by atoms with Crippen LogP contribution in [0, 0.1) is 0 Å². The van der Waals surface area contributed by atoms with Gasteiger partial charge in [-0.05, 0) is 39.0 Å². The molecule has 1 aromatic carbocycles. The van der Waals surface area contributed by atoms with Gasteiger partial charge in [0.1, 0.15) is 11.4 Å². The third kappa shape index (κ3) is 4.56. The van der Waals surface area contributed by atoms with E-state index in [-0.39, 0.29) is 17.8 Å². The first-order valence-electron chi connectivity index (χ1n) is 7.61. The van der Waals surface area contributed by atoms with E-state index < -0.39 is 29.0 Å². The molecule has 2 aromatic rings. The van der Waals surface area contributed by atoms with Crippen molar-refractivity contribution in [3.05, 3.63) is 47.7 Å². The molecule has 0 amide bonds. The number of alkyl halides is 3. The Morgan fingerprint density at radius 1 is 1.12 bits per heavy atom. The largest absolute Gasteiger partial charge is 0.443 e. The first kappa shape index (κ1) is 19.4. The van der Waals surface area contributed by atoms with Gasteiger partial charge >= 0.3 is 12.3 Å². The SMILES string of the molecule is CC(C)(C)OC(=O)n1cccc1NNc1cccc(C=O)c1C(F)(F)F. The van der Waals surface area contributed by atoms with Gasteiger partial charge in [-0.1, -0.05) is 12.1 Å². The van der Waals surface area contributed by atoms with E-state index >= 15 is 0 Å². The average Bonchev–Trinajstić information content (AvgIpc) is 2.98. The number of carbonyl (C=O) groups is 2. The maximum atomic E-state index is 13.2. The van der Waals surface area contributed by atoms with Crippen LogP contribution in [0.5, 0.6) is 0 Å². The van der Waals surface area contributed by atoms with Crippen molar-refractivity contribution in [3.8, 4) is 0 Å². The van der Waals surface area contributed by atoms with Gasteiger partial charge in [0.05, 0.1) is 11.3 Å². The van der Waals surface area contributed by atoms with Gasteiger partial charge < -0.3 is 4.74 Å². The number of carbonyl (C=O) groups excluding carboxylic acids is 2. The molecule has 2 N–H and O–H groups in total. The molecule has 0 aliphatic rings. The summed E-state index contributed by atoms with van der Waals surface area (Å²) < 4.78 is 46.1. The number of hydrogen-bond acceptors (Lipinski definition) is 5. The summed E-state index contributed by atoms with van der Waals surface area (Å²) in [5.41, 5.74) is 2.26. The van der Waals surface area contributed by atoms with Crippen LogP contribution < -0.4 is 10.9 Å². The van der Waals surface area contributed by atoms with Crippen molar-refractivity contribution in [2.45, 2.75) is 32.5 Å². The summed E-state index contributed by atoms with van der Waals surface area (Å²) >= 11 is 0. The quantitative estimate of drug-likeness (QED) is 0.611. The van der Waals surface area contributed by atoms with Crippen molar-refractivity contribution >= 4 is 23.9 Å². The molecule has 0 fully saturated rings. The van der Waals surface area contributed by atoms with Crippen LogP contribution in [0.25, 0.3) is 0 Å². The Hall–Kier alpha value is -2.97. The number of aromatic nitrogens is 1. The maximum Gasteiger partial charge on any atom is 0.420 e. The van der Waals surface area contributed by atoms with Gasteiger partial charge in [-0.2, -0.15) is 13.2 Å². The van der Waals surface area contributed by atoms with Crippen molar-refractivity contribution in [2.24, 2.45) is 0 Å². The van der Waals surface area contributed by atoms with E-state index in [2.05, 4.69) is 10.9 Å². The van der Waals surface area contributed by atoms with Crippen LogP contribution in [-0.4, -0.2) is 22.5 Å². The summed E-state index contributed by atoms with van der Waals surface area (Å²) in [6.07, 6.45) is -3.87. The van der Waals surface area contributed by atoms with E-state index in [0.29, 0.717) is 0 Å². The van der Waals surface area contributed by atoms with Crippen molar-refractivity contribution < 1.29 is 27.5 Å². The van der Waals surface area contributed by atoms with E-state index in [9.17, 15) is 22.8 Å². The van der Waals surface area contributed by atoms with Crippen LogP contribution in [0.1, 0.15) is 36.7 Å². The highest BCUT2D eigenvalue weighted by Gasteiger charge is 2.36. The van der Waals surface area contributed by atoms with E-state index in [1.54, 1.807) is 20.8 Å². The Bertz CT molecular complexity index is 808. The number of nitrogens with zero attached hydrogens (tertiary/aromatic N) is 1. The lowest BCUT2D eigenvalue weighted by Gasteiger charge is -2.21. The molecule has 140 valence electrons. The molecular weight excluding hydrogens is 351 g/mol. The van der Waals surface area contributed by atoms with Gasteiger partial charge in [-0.15, -0.1) is 0 Å². The molecule has 6 nitrogen and oxygen atoms in total. The molecule has 0 saturated carbocycles. The van der Waals surface area contributed by atoms with Gasteiger partial charge in [-0.25, -0.2) is 9.36 Å². The third-order valence-corrected chi connectivity index (χ3v) is 3.17. The Kier molecular flexibility index (Phi) is 5.29. The second kappa shape index (κ2) is 7.11. The number of nitrogens with one attached hydrogen (secondary N) is 2. The smallest absolute Gasteiger partial charge is 0.420 e. The molecule has 0 radical (unpaired) electrons. The van der Waals surface area contributed by atoms with Gasteiger partial charge in [0.2, 0.25) is 0 Å². The minimum absolute atomic E-state index is 0.136. The molecule has 0 aliphatic carbocycles. The van der Waals surface area contributed by atoms with Crippen LogP contribution >= 0.6 is 0 Å². The number of hydrogen-bond donors (Lipinski definition) is 2. The van der Waals surface area contributed by atoms with Crippen LogP contribution in [0.3, 0.4) is 0 Å². The number of benzene rings is 1. The zero-order chi connectivity index (χ0) is 19.5. The molecule has 0 atom stereocenters. The number of rotatable bonds is 4. The summed E-state index contributed by atoms with van der Waals surface area (Å²) in [5, 5.41) is 0. The fraction of sp³-hybridized carbons (Fsp3) is 0.294. The Labute approximate surface area is 147 Å². The summed E-state index contributed by atoms with van der Waals surface area (Å²) in [5.74, 6) is 0.170. The first-order chi connectivity index (χ1) is 12.0. The van der Waals surface area contributed by atoms with Crippen LogP contribution in [0.4, 0.5) is 29.5 Å². The van der Waals surface area contributed by atoms with Gasteiger partial charge in [-0.3, -0.25) is 15.6 Å². The number of halogens is 3. The van der Waals surface area contributed by atoms with Gasteiger partial charge in [0, 0.05) is 11.8 Å². The molecule has 1 aromatic heterocycles. The fourth-order valence-electron chi connectivity index (χ4n) is 2.17. The highest BCUT2D eigenvalue weighted by molar-refractivity contribution is 5.82. The summed E-state index contributed by atoms with van der Waals surface area (Å²) in [4.78, 5) is 23.0. The molecule has 0 bridgehead atoms. The average molecular weight is 369 g/mol. The standard InChI is InChI=1S/C17H18F3N3O3/c1-16(2,3)26-15(25)23-9-5-8-13(23)22-21-12-7-4-6-11(10-24)14(12)17(18,19)20/h4-10,21-22H,1-3H3. The topological polar surface area (TPSA) is 72.4 Å². The van der Waals surface area contributed by atoms with Crippen molar-refractivity contribution in [1.29, 1.82) is 0 Å². The monoisotopic (exact) mass is 369 g/mol. The first-order valence-corrected chi connectivity index (χ1v) is 7.61. The highest BCUT2D eigenvalue weighted by Crippen LogP contribution is 2.37. The third-order valence-electron chi connectivity index (χ3n) is 3.17. The second-order valence-corrected chi connectivity index (χ2v) is 6.38. The van der Waals surface area contributed by atoms with E-state index in [0.717, 1.165) is 10.6 Å². The van der Waals surface area contributed by atoms with E-state index in [4.69, 9.17) is 4.74 Å². The lowest BCUT2D eigenvalue weighted by atomic mass is 10.1. The van der Waals surface area contributed by atoms with E-state index in [1.807, 2.05) is 0 Å². The molecule has 0 saturated heterocycles. The molecular formula is C17H18F3N3O3.